The Hall–Kier alpha value is -0.830. The van der Waals surface area contributed by atoms with Crippen LogP contribution in [0.2, 0.25) is 0 Å². The Morgan fingerprint density at radius 1 is 1.60 bits per heavy atom. The van der Waals surface area contributed by atoms with Crippen molar-refractivity contribution in [1.29, 1.82) is 0 Å². The van der Waals surface area contributed by atoms with Gasteiger partial charge in [-0.2, -0.15) is 0 Å². The summed E-state index contributed by atoms with van der Waals surface area (Å²) in [5.41, 5.74) is 2.84. The fourth-order valence-corrected chi connectivity index (χ4v) is 3.42. The van der Waals surface area contributed by atoms with E-state index in [1.165, 1.54) is 48.5 Å². The molecule has 0 bridgehead atoms. The highest BCUT2D eigenvalue weighted by molar-refractivity contribution is 7.15. The molecule has 0 aliphatic heterocycles. The van der Waals surface area contributed by atoms with Crippen molar-refractivity contribution in [2.45, 2.75) is 39.0 Å². The van der Waals surface area contributed by atoms with Gasteiger partial charge in [0, 0.05) is 17.3 Å². The summed E-state index contributed by atoms with van der Waals surface area (Å²) in [4.78, 5) is 5.87. The van der Waals surface area contributed by atoms with E-state index in [1.807, 2.05) is 0 Å². The molecule has 15 heavy (non-hydrogen) atoms. The zero-order valence-corrected chi connectivity index (χ0v) is 9.89. The van der Waals surface area contributed by atoms with Gasteiger partial charge in [-0.25, -0.2) is 4.98 Å². The lowest BCUT2D eigenvalue weighted by Crippen LogP contribution is -2.14. The van der Waals surface area contributed by atoms with Crippen LogP contribution in [0.5, 0.6) is 0 Å². The van der Waals surface area contributed by atoms with Crippen molar-refractivity contribution >= 4 is 16.3 Å². The van der Waals surface area contributed by atoms with Gasteiger partial charge in [0.15, 0.2) is 4.96 Å². The maximum atomic E-state index is 4.69. The van der Waals surface area contributed by atoms with Crippen molar-refractivity contribution in [3.8, 4) is 0 Å². The number of imidazole rings is 1. The fourth-order valence-electron chi connectivity index (χ4n) is 2.66. The highest BCUT2D eigenvalue weighted by Crippen LogP contribution is 2.29. The van der Waals surface area contributed by atoms with Crippen LogP contribution in [0.3, 0.4) is 0 Å². The van der Waals surface area contributed by atoms with Gasteiger partial charge in [-0.1, -0.05) is 19.8 Å². The molecule has 1 unspecified atom stereocenters. The molecule has 80 valence electrons. The summed E-state index contributed by atoms with van der Waals surface area (Å²) in [5.74, 6) is 0.891. The van der Waals surface area contributed by atoms with Gasteiger partial charge in [-0.15, -0.1) is 11.3 Å². The van der Waals surface area contributed by atoms with Crippen LogP contribution in [0.1, 0.15) is 37.6 Å². The van der Waals surface area contributed by atoms with Crippen molar-refractivity contribution in [3.05, 3.63) is 23.0 Å². The average Bonchev–Trinajstić information content (AvgIpc) is 2.78. The molecule has 2 heterocycles. The SMILES string of the molecule is CCCC1CCc2nc3sccn3c2C1. The van der Waals surface area contributed by atoms with Crippen molar-refractivity contribution in [2.75, 3.05) is 0 Å². The Bertz CT molecular complexity index is 469. The molecule has 1 atom stereocenters. The van der Waals surface area contributed by atoms with E-state index in [-0.39, 0.29) is 0 Å². The van der Waals surface area contributed by atoms with E-state index in [9.17, 15) is 0 Å². The van der Waals surface area contributed by atoms with Crippen LogP contribution in [-0.4, -0.2) is 9.38 Å². The Labute approximate surface area is 94.0 Å². The van der Waals surface area contributed by atoms with Gasteiger partial charge in [0.1, 0.15) is 0 Å². The second kappa shape index (κ2) is 3.63. The van der Waals surface area contributed by atoms with E-state index in [2.05, 4.69) is 27.9 Å². The molecule has 0 N–H and O–H groups in total. The molecule has 0 radical (unpaired) electrons. The van der Waals surface area contributed by atoms with Gasteiger partial charge in [0.25, 0.3) is 0 Å². The van der Waals surface area contributed by atoms with E-state index in [1.54, 1.807) is 11.3 Å². The summed E-state index contributed by atoms with van der Waals surface area (Å²) in [6.07, 6.45) is 8.61. The molecule has 2 aromatic heterocycles. The smallest absolute Gasteiger partial charge is 0.194 e. The number of thiazole rings is 1. The molecule has 0 aromatic carbocycles. The molecule has 0 saturated heterocycles. The van der Waals surface area contributed by atoms with Gasteiger partial charge >= 0.3 is 0 Å². The van der Waals surface area contributed by atoms with Crippen LogP contribution in [0.4, 0.5) is 0 Å². The number of hydrogen-bond donors (Lipinski definition) is 0. The zero-order valence-electron chi connectivity index (χ0n) is 9.07. The molecular weight excluding hydrogens is 204 g/mol. The topological polar surface area (TPSA) is 17.3 Å². The average molecular weight is 220 g/mol. The Kier molecular flexibility index (Phi) is 2.28. The van der Waals surface area contributed by atoms with Crippen LogP contribution in [0.15, 0.2) is 11.6 Å². The third kappa shape index (κ3) is 1.49. The molecular formula is C12H16N2S. The molecule has 0 amide bonds. The summed E-state index contributed by atoms with van der Waals surface area (Å²) in [6, 6.07) is 0. The second-order valence-electron chi connectivity index (χ2n) is 4.46. The fraction of sp³-hybridized carbons (Fsp3) is 0.583. The Morgan fingerprint density at radius 2 is 2.53 bits per heavy atom. The lowest BCUT2D eigenvalue weighted by Gasteiger charge is -2.20. The minimum Gasteiger partial charge on any atom is -0.294 e. The number of aromatic nitrogens is 2. The zero-order chi connectivity index (χ0) is 10.3. The molecule has 3 heteroatoms. The Morgan fingerprint density at radius 3 is 3.40 bits per heavy atom. The summed E-state index contributed by atoms with van der Waals surface area (Å²) in [6.45, 7) is 2.28. The van der Waals surface area contributed by atoms with Crippen molar-refractivity contribution in [3.63, 3.8) is 0 Å². The maximum absolute atomic E-state index is 4.69. The van der Waals surface area contributed by atoms with Crippen LogP contribution >= 0.6 is 11.3 Å². The maximum Gasteiger partial charge on any atom is 0.194 e. The van der Waals surface area contributed by atoms with E-state index in [4.69, 9.17) is 0 Å². The van der Waals surface area contributed by atoms with Crippen LogP contribution < -0.4 is 0 Å². The second-order valence-corrected chi connectivity index (χ2v) is 5.33. The molecule has 0 spiro atoms. The third-order valence-electron chi connectivity index (χ3n) is 3.41. The normalized spacial score (nSPS) is 20.7. The van der Waals surface area contributed by atoms with E-state index < -0.39 is 0 Å². The number of rotatable bonds is 2. The molecule has 0 fully saturated rings. The monoisotopic (exact) mass is 220 g/mol. The number of fused-ring (bicyclic) bond motifs is 3. The largest absolute Gasteiger partial charge is 0.294 e. The first kappa shape index (κ1) is 9.40. The standard InChI is InChI=1S/C12H16N2S/c1-2-3-9-4-5-10-11(8-9)14-6-7-15-12(14)13-10/h6-7,9H,2-5,8H2,1H3. The highest BCUT2D eigenvalue weighted by Gasteiger charge is 2.22. The summed E-state index contributed by atoms with van der Waals surface area (Å²) in [7, 11) is 0. The van der Waals surface area contributed by atoms with E-state index in [0.29, 0.717) is 0 Å². The van der Waals surface area contributed by atoms with Gasteiger partial charge in [0.05, 0.1) is 5.69 Å². The number of aryl methyl sites for hydroxylation is 1. The van der Waals surface area contributed by atoms with Crippen molar-refractivity contribution < 1.29 is 0 Å². The molecule has 2 aromatic rings. The van der Waals surface area contributed by atoms with Gasteiger partial charge in [-0.3, -0.25) is 4.40 Å². The predicted molar refractivity (Wildman–Crippen MR) is 63.5 cm³/mol. The first-order valence-corrected chi connectivity index (χ1v) is 6.69. The summed E-state index contributed by atoms with van der Waals surface area (Å²) in [5, 5.41) is 2.13. The number of nitrogens with zero attached hydrogens (tertiary/aromatic N) is 2. The minimum absolute atomic E-state index is 0.891. The molecule has 0 saturated carbocycles. The van der Waals surface area contributed by atoms with Gasteiger partial charge in [-0.05, 0) is 25.2 Å². The van der Waals surface area contributed by atoms with E-state index >= 15 is 0 Å². The van der Waals surface area contributed by atoms with Crippen molar-refractivity contribution in [2.24, 2.45) is 5.92 Å². The highest BCUT2D eigenvalue weighted by atomic mass is 32.1. The van der Waals surface area contributed by atoms with Crippen molar-refractivity contribution in [1.82, 2.24) is 9.38 Å². The molecule has 1 aliphatic carbocycles. The molecule has 3 rings (SSSR count). The molecule has 2 nitrogen and oxygen atoms in total. The van der Waals surface area contributed by atoms with Crippen LogP contribution in [0, 0.1) is 5.92 Å². The number of hydrogen-bond acceptors (Lipinski definition) is 2. The van der Waals surface area contributed by atoms with Crippen LogP contribution in [-0.2, 0) is 12.8 Å². The first-order valence-electron chi connectivity index (χ1n) is 5.81. The minimum atomic E-state index is 0.891. The third-order valence-corrected chi connectivity index (χ3v) is 4.17. The summed E-state index contributed by atoms with van der Waals surface area (Å²) < 4.78 is 2.29. The lowest BCUT2D eigenvalue weighted by atomic mass is 9.87. The molecule has 1 aliphatic rings. The van der Waals surface area contributed by atoms with Gasteiger partial charge < -0.3 is 0 Å². The lowest BCUT2D eigenvalue weighted by molar-refractivity contribution is 0.414. The summed E-state index contributed by atoms with van der Waals surface area (Å²) >= 11 is 1.75. The predicted octanol–water partition coefficient (Wildman–Crippen LogP) is 3.30. The van der Waals surface area contributed by atoms with E-state index in [0.717, 1.165) is 5.92 Å². The van der Waals surface area contributed by atoms with Gasteiger partial charge in [0.2, 0.25) is 0 Å². The Balaban J connectivity index is 1.98. The first-order chi connectivity index (χ1) is 7.38. The quantitative estimate of drug-likeness (QED) is 0.759. The van der Waals surface area contributed by atoms with Crippen LogP contribution in [0.25, 0.3) is 4.96 Å².